The van der Waals surface area contributed by atoms with E-state index in [0.29, 0.717) is 51.9 Å². The van der Waals surface area contributed by atoms with Crippen molar-refractivity contribution in [2.24, 2.45) is 0 Å². The number of nitrogens with one attached hydrogen (secondary N) is 2. The summed E-state index contributed by atoms with van der Waals surface area (Å²) >= 11 is 0. The lowest BCUT2D eigenvalue weighted by Crippen LogP contribution is -2.28. The molecule has 7 aromatic rings. The van der Waals surface area contributed by atoms with Crippen LogP contribution >= 0.6 is 0 Å². The van der Waals surface area contributed by atoms with Crippen LogP contribution in [0.25, 0.3) is 22.1 Å². The van der Waals surface area contributed by atoms with Gasteiger partial charge >= 0.3 is 0 Å². The summed E-state index contributed by atoms with van der Waals surface area (Å²) in [5.41, 5.74) is 4.30. The monoisotopic (exact) mass is 654 g/mol. The highest BCUT2D eigenvalue weighted by Crippen LogP contribution is 2.21. The Morgan fingerprint density at radius 2 is 1.08 bits per heavy atom. The minimum absolute atomic E-state index is 0.200. The van der Waals surface area contributed by atoms with Gasteiger partial charge in [0.1, 0.15) is 18.3 Å². The molecule has 0 radical (unpaired) electrons. The Morgan fingerprint density at radius 3 is 1.61 bits per heavy atom. The topological polar surface area (TPSA) is 149 Å². The van der Waals surface area contributed by atoms with Crippen LogP contribution in [0.5, 0.6) is 0 Å². The second kappa shape index (κ2) is 14.9. The quantitative estimate of drug-likeness (QED) is 0.175. The van der Waals surface area contributed by atoms with Gasteiger partial charge in [-0.2, -0.15) is 0 Å². The molecule has 0 saturated heterocycles. The Bertz CT molecular complexity index is 2310. The highest BCUT2D eigenvalue weighted by atomic mass is 16.7. The van der Waals surface area contributed by atoms with Crippen LogP contribution in [-0.4, -0.2) is 34.6 Å². The van der Waals surface area contributed by atoms with E-state index >= 15 is 0 Å². The van der Waals surface area contributed by atoms with Gasteiger partial charge in [-0.25, -0.2) is 19.9 Å². The van der Waals surface area contributed by atoms with Crippen LogP contribution in [0, 0.1) is 13.8 Å². The molecule has 12 heteroatoms. The van der Waals surface area contributed by atoms with E-state index in [9.17, 15) is 14.8 Å². The first-order chi connectivity index (χ1) is 23.9. The maximum Gasteiger partial charge on any atom is 0.287 e. The van der Waals surface area contributed by atoms with Crippen molar-refractivity contribution in [3.05, 3.63) is 165 Å². The average molecular weight is 655 g/mol. The van der Waals surface area contributed by atoms with Crippen molar-refractivity contribution in [1.82, 2.24) is 29.4 Å². The zero-order valence-electron chi connectivity index (χ0n) is 26.9. The Kier molecular flexibility index (Phi) is 9.85. The molecule has 0 saturated carbocycles. The molecule has 4 heterocycles. The van der Waals surface area contributed by atoms with Crippen molar-refractivity contribution in [3.63, 3.8) is 0 Å². The standard InChI is InChI=1S/C22H20N4O2.C15H14N4O2/c1-16-23-14-19-20(24-13-17-8-4-2-5-9-17)12-21(27)26(22(19)25-16)28-15-18-10-6-3-7-11-18;1-10-16-9-12-13(7-14(20)19(21)15(12)18-10)17-8-11-5-3-2-4-6-11/h2-12,14,24H,13,15H2,1H3;2-7,9,17,21H,8H2,1H3. The number of benzene rings is 3. The zero-order valence-corrected chi connectivity index (χ0v) is 26.9. The largest absolute Gasteiger partial charge is 0.423 e. The van der Waals surface area contributed by atoms with Gasteiger partial charge < -0.3 is 20.7 Å². The van der Waals surface area contributed by atoms with Crippen LogP contribution in [-0.2, 0) is 19.7 Å². The Hall–Kier alpha value is -6.56. The van der Waals surface area contributed by atoms with Crippen molar-refractivity contribution >= 4 is 33.4 Å². The number of rotatable bonds is 9. The van der Waals surface area contributed by atoms with Gasteiger partial charge in [0.05, 0.1) is 22.1 Å². The van der Waals surface area contributed by atoms with Gasteiger partial charge in [-0.15, -0.1) is 9.46 Å². The van der Waals surface area contributed by atoms with E-state index in [4.69, 9.17) is 4.84 Å². The Labute approximate surface area is 281 Å². The Morgan fingerprint density at radius 1 is 0.633 bits per heavy atom. The first kappa shape index (κ1) is 32.4. The molecule has 0 bridgehead atoms. The molecule has 246 valence electrons. The van der Waals surface area contributed by atoms with Gasteiger partial charge in [-0.05, 0) is 30.5 Å². The molecule has 0 amide bonds. The highest BCUT2D eigenvalue weighted by Gasteiger charge is 2.13. The number of hydrogen-bond donors (Lipinski definition) is 3. The first-order valence-electron chi connectivity index (χ1n) is 15.6. The fourth-order valence-electron chi connectivity index (χ4n) is 5.06. The number of nitrogens with zero attached hydrogens (tertiary/aromatic N) is 6. The van der Waals surface area contributed by atoms with Crippen molar-refractivity contribution in [2.45, 2.75) is 33.5 Å². The van der Waals surface area contributed by atoms with Gasteiger partial charge in [0.15, 0.2) is 11.3 Å². The second-order valence-electron chi connectivity index (χ2n) is 11.1. The number of aryl methyl sites for hydroxylation is 2. The number of aromatic nitrogens is 6. The van der Waals surface area contributed by atoms with Crippen LogP contribution < -0.4 is 26.6 Å². The summed E-state index contributed by atoms with van der Waals surface area (Å²) in [5.74, 6) is 1.06. The fourth-order valence-corrected chi connectivity index (χ4v) is 5.06. The molecule has 0 fully saturated rings. The summed E-state index contributed by atoms with van der Waals surface area (Å²) in [6.07, 6.45) is 3.31. The van der Waals surface area contributed by atoms with E-state index in [-0.39, 0.29) is 17.8 Å². The molecule has 0 atom stereocenters. The lowest BCUT2D eigenvalue weighted by atomic mass is 10.2. The van der Waals surface area contributed by atoms with Crippen molar-refractivity contribution in [1.29, 1.82) is 0 Å². The van der Waals surface area contributed by atoms with Crippen LogP contribution in [0.15, 0.2) is 125 Å². The maximum absolute atomic E-state index is 12.7. The molecule has 49 heavy (non-hydrogen) atoms. The molecule has 0 unspecified atom stereocenters. The molecule has 3 aromatic carbocycles. The predicted octanol–water partition coefficient (Wildman–Crippen LogP) is 5.29. The third-order valence-electron chi connectivity index (χ3n) is 7.55. The number of fused-ring (bicyclic) bond motifs is 2. The van der Waals surface area contributed by atoms with E-state index in [1.165, 1.54) is 16.9 Å². The molecule has 12 nitrogen and oxygen atoms in total. The van der Waals surface area contributed by atoms with Crippen LogP contribution in [0.2, 0.25) is 0 Å². The third kappa shape index (κ3) is 7.88. The third-order valence-corrected chi connectivity index (χ3v) is 7.55. The van der Waals surface area contributed by atoms with E-state index in [1.54, 1.807) is 26.2 Å². The molecule has 3 N–H and O–H groups in total. The molecule has 7 rings (SSSR count). The van der Waals surface area contributed by atoms with E-state index in [1.807, 2.05) is 91.0 Å². The van der Waals surface area contributed by atoms with Crippen molar-refractivity contribution < 1.29 is 10.0 Å². The van der Waals surface area contributed by atoms with Gasteiger partial charge in [0.2, 0.25) is 0 Å². The molecule has 0 aliphatic rings. The highest BCUT2D eigenvalue weighted by molar-refractivity contribution is 5.88. The normalized spacial score (nSPS) is 10.7. The summed E-state index contributed by atoms with van der Waals surface area (Å²) in [7, 11) is 0. The molecule has 0 aliphatic carbocycles. The number of anilines is 2. The van der Waals surface area contributed by atoms with Gasteiger partial charge in [0, 0.05) is 37.6 Å². The first-order valence-corrected chi connectivity index (χ1v) is 15.6. The molecular formula is C37H34N8O4. The molecular weight excluding hydrogens is 620 g/mol. The fraction of sp³-hybridized carbons (Fsp3) is 0.135. The van der Waals surface area contributed by atoms with Gasteiger partial charge in [-0.1, -0.05) is 91.0 Å². The number of pyridine rings is 2. The van der Waals surface area contributed by atoms with Crippen molar-refractivity contribution in [2.75, 3.05) is 10.6 Å². The summed E-state index contributed by atoms with van der Waals surface area (Å²) in [4.78, 5) is 47.3. The van der Waals surface area contributed by atoms with E-state index in [2.05, 4.69) is 30.6 Å². The van der Waals surface area contributed by atoms with Crippen LogP contribution in [0.1, 0.15) is 28.3 Å². The predicted molar refractivity (Wildman–Crippen MR) is 189 cm³/mol. The van der Waals surface area contributed by atoms with E-state index in [0.717, 1.165) is 22.1 Å². The average Bonchev–Trinajstić information content (AvgIpc) is 3.13. The summed E-state index contributed by atoms with van der Waals surface area (Å²) in [6, 6.07) is 32.4. The summed E-state index contributed by atoms with van der Waals surface area (Å²) < 4.78 is 1.78. The molecule has 0 aliphatic heterocycles. The van der Waals surface area contributed by atoms with Crippen molar-refractivity contribution in [3.8, 4) is 0 Å². The van der Waals surface area contributed by atoms with Gasteiger partial charge in [0.25, 0.3) is 11.1 Å². The Balaban J connectivity index is 0.000000177. The minimum Gasteiger partial charge on any atom is -0.423 e. The van der Waals surface area contributed by atoms with E-state index < -0.39 is 5.56 Å². The summed E-state index contributed by atoms with van der Waals surface area (Å²) in [6.45, 7) is 4.93. The van der Waals surface area contributed by atoms with Gasteiger partial charge in [-0.3, -0.25) is 9.59 Å². The smallest absolute Gasteiger partial charge is 0.287 e. The lowest BCUT2D eigenvalue weighted by molar-refractivity contribution is 0.0979. The van der Waals surface area contributed by atoms with Crippen LogP contribution in [0.3, 0.4) is 0 Å². The SMILES string of the molecule is Cc1ncc2c(NCc3ccccc3)cc(=O)n(O)c2n1.Cc1ncc2c(NCc3ccccc3)cc(=O)n(OCc3ccccc3)c2n1. The maximum atomic E-state index is 12.7. The minimum atomic E-state index is -0.531. The zero-order chi connectivity index (χ0) is 34.2. The van der Waals surface area contributed by atoms with Crippen LogP contribution in [0.4, 0.5) is 11.4 Å². The molecule has 4 aromatic heterocycles. The summed E-state index contributed by atoms with van der Waals surface area (Å²) in [5, 5.41) is 17.6. The number of hydrogen-bond acceptors (Lipinski definition) is 10. The molecule has 0 spiro atoms. The lowest BCUT2D eigenvalue weighted by Gasteiger charge is -2.14. The second-order valence-corrected chi connectivity index (χ2v) is 11.1.